The van der Waals surface area contributed by atoms with E-state index < -0.39 is 14.3 Å². The number of rotatable bonds is 8. The molecule has 0 spiro atoms. The summed E-state index contributed by atoms with van der Waals surface area (Å²) in [5, 5.41) is 16.2. The molecule has 192 valence electrons. The van der Waals surface area contributed by atoms with Crippen molar-refractivity contribution in [2.75, 3.05) is 13.7 Å². The minimum Gasteiger partial charge on any atom is -0.464 e. The Balaban J connectivity index is 2.14. The van der Waals surface area contributed by atoms with Gasteiger partial charge >= 0.3 is 5.97 Å². The van der Waals surface area contributed by atoms with Crippen LogP contribution in [0.3, 0.4) is 0 Å². The van der Waals surface area contributed by atoms with Gasteiger partial charge in [-0.1, -0.05) is 38.4 Å². The Kier molecular flexibility index (Phi) is 7.91. The smallest absolute Gasteiger partial charge is 0.354 e. The quantitative estimate of drug-likeness (QED) is 0.232. The standard InChI is InChI=1S/C26H38ClN3O4Si/c1-16-19(15-31)23(30(6)28-16)21-20(27)13-12-18-17(24(25(32)33-7)29(5)22(18)21)11-10-14-34-35(8,9)26(2,3)4/h12-13,31H,10-11,14-15H2,1-9H3. The number of aromatic nitrogens is 3. The number of carbonyl (C=O) groups is 1. The zero-order chi connectivity index (χ0) is 26.3. The highest BCUT2D eigenvalue weighted by molar-refractivity contribution is 6.74. The van der Waals surface area contributed by atoms with Gasteiger partial charge in [-0.25, -0.2) is 4.79 Å². The molecule has 1 aromatic carbocycles. The van der Waals surface area contributed by atoms with Crippen molar-refractivity contribution in [3.8, 4) is 11.3 Å². The van der Waals surface area contributed by atoms with E-state index in [0.29, 0.717) is 29.3 Å². The minimum atomic E-state index is -1.86. The van der Waals surface area contributed by atoms with Crippen LogP contribution in [-0.2, 0) is 36.3 Å². The lowest BCUT2D eigenvalue weighted by atomic mass is 10.00. The molecule has 1 N–H and O–H groups in total. The summed E-state index contributed by atoms with van der Waals surface area (Å²) in [5.74, 6) is -0.394. The minimum absolute atomic E-state index is 0.140. The number of fused-ring (bicyclic) bond motifs is 1. The van der Waals surface area contributed by atoms with Crippen LogP contribution in [-0.4, -0.2) is 47.5 Å². The summed E-state index contributed by atoms with van der Waals surface area (Å²) in [7, 11) is 3.23. The zero-order valence-corrected chi connectivity index (χ0v) is 24.1. The molecule has 0 saturated carbocycles. The van der Waals surface area contributed by atoms with E-state index in [4.69, 9.17) is 20.8 Å². The molecule has 0 aliphatic carbocycles. The third-order valence-corrected chi connectivity index (χ3v) is 12.2. The van der Waals surface area contributed by atoms with Crippen molar-refractivity contribution in [1.29, 1.82) is 0 Å². The highest BCUT2D eigenvalue weighted by atomic mass is 35.5. The lowest BCUT2D eigenvalue weighted by Crippen LogP contribution is -2.41. The van der Waals surface area contributed by atoms with Crippen molar-refractivity contribution in [3.05, 3.63) is 39.7 Å². The summed E-state index contributed by atoms with van der Waals surface area (Å²) in [5.41, 5.74) is 5.17. The van der Waals surface area contributed by atoms with Gasteiger partial charge in [-0.3, -0.25) is 4.68 Å². The van der Waals surface area contributed by atoms with Crippen LogP contribution >= 0.6 is 11.6 Å². The third kappa shape index (κ3) is 4.94. The van der Waals surface area contributed by atoms with Gasteiger partial charge in [0.05, 0.1) is 35.6 Å². The number of hydrogen-bond donors (Lipinski definition) is 1. The normalized spacial score (nSPS) is 12.5. The van der Waals surface area contributed by atoms with Crippen molar-refractivity contribution < 1.29 is 19.1 Å². The zero-order valence-electron chi connectivity index (χ0n) is 22.4. The molecule has 2 heterocycles. The molecule has 0 bridgehead atoms. The molecule has 35 heavy (non-hydrogen) atoms. The molecule has 2 aromatic heterocycles. The topological polar surface area (TPSA) is 78.5 Å². The number of ether oxygens (including phenoxy) is 1. The number of hydrogen-bond acceptors (Lipinski definition) is 5. The van der Waals surface area contributed by atoms with Crippen LogP contribution in [0.4, 0.5) is 0 Å². The van der Waals surface area contributed by atoms with Crippen LogP contribution in [0, 0.1) is 6.92 Å². The summed E-state index contributed by atoms with van der Waals surface area (Å²) < 4.78 is 15.1. The number of aliphatic hydroxyl groups excluding tert-OH is 1. The van der Waals surface area contributed by atoms with Crippen LogP contribution < -0.4 is 0 Å². The molecule has 7 nitrogen and oxygen atoms in total. The van der Waals surface area contributed by atoms with E-state index in [2.05, 4.69) is 39.0 Å². The van der Waals surface area contributed by atoms with Gasteiger partial charge in [0, 0.05) is 37.2 Å². The maximum Gasteiger partial charge on any atom is 0.354 e. The second-order valence-electron chi connectivity index (χ2n) is 10.6. The Hall–Kier alpha value is -2.13. The molecule has 9 heteroatoms. The van der Waals surface area contributed by atoms with Crippen LogP contribution in [0.5, 0.6) is 0 Å². The molecule has 0 amide bonds. The van der Waals surface area contributed by atoms with Gasteiger partial charge in [0.25, 0.3) is 0 Å². The van der Waals surface area contributed by atoms with E-state index in [9.17, 15) is 9.90 Å². The first-order valence-electron chi connectivity index (χ1n) is 11.9. The first-order chi connectivity index (χ1) is 16.3. The van der Waals surface area contributed by atoms with Crippen LogP contribution in [0.25, 0.3) is 22.2 Å². The van der Waals surface area contributed by atoms with E-state index in [1.54, 1.807) is 4.68 Å². The molecule has 0 aliphatic heterocycles. The van der Waals surface area contributed by atoms with E-state index in [1.807, 2.05) is 37.7 Å². The lowest BCUT2D eigenvalue weighted by Gasteiger charge is -2.36. The fourth-order valence-corrected chi connectivity index (χ4v) is 5.76. The number of benzene rings is 1. The average molecular weight is 520 g/mol. The average Bonchev–Trinajstić information content (AvgIpc) is 3.21. The van der Waals surface area contributed by atoms with Gasteiger partial charge in [-0.05, 0) is 49.5 Å². The molecule has 0 unspecified atom stereocenters. The highest BCUT2D eigenvalue weighted by Crippen LogP contribution is 2.41. The maximum atomic E-state index is 12.9. The van der Waals surface area contributed by atoms with E-state index in [-0.39, 0.29) is 11.6 Å². The number of carbonyl (C=O) groups excluding carboxylic acids is 1. The van der Waals surface area contributed by atoms with Gasteiger partial charge < -0.3 is 18.8 Å². The summed E-state index contributed by atoms with van der Waals surface area (Å²) >= 11 is 6.75. The number of aryl methyl sites for hydroxylation is 4. The Morgan fingerprint density at radius 1 is 1.20 bits per heavy atom. The fraction of sp³-hybridized carbons (Fsp3) is 0.538. The number of nitrogens with zero attached hydrogens (tertiary/aromatic N) is 3. The van der Waals surface area contributed by atoms with Gasteiger partial charge in [0.2, 0.25) is 0 Å². The van der Waals surface area contributed by atoms with E-state index in [1.165, 1.54) is 7.11 Å². The fourth-order valence-electron chi connectivity index (χ4n) is 4.43. The second kappa shape index (κ2) is 10.1. The number of aliphatic hydroxyl groups is 1. The van der Waals surface area contributed by atoms with Gasteiger partial charge in [0.1, 0.15) is 5.69 Å². The molecule has 0 saturated heterocycles. The van der Waals surface area contributed by atoms with Gasteiger partial charge in [-0.2, -0.15) is 5.10 Å². The van der Waals surface area contributed by atoms with Crippen LogP contribution in [0.15, 0.2) is 12.1 Å². The number of esters is 1. The maximum absolute atomic E-state index is 12.9. The molecule has 0 atom stereocenters. The molecule has 0 fully saturated rings. The third-order valence-electron chi connectivity index (χ3n) is 7.37. The summed E-state index contributed by atoms with van der Waals surface area (Å²) in [4.78, 5) is 12.9. The monoisotopic (exact) mass is 519 g/mol. The first-order valence-corrected chi connectivity index (χ1v) is 15.2. The van der Waals surface area contributed by atoms with Crippen molar-refractivity contribution >= 4 is 36.8 Å². The molecule has 3 aromatic rings. The Bertz CT molecular complexity index is 1250. The van der Waals surface area contributed by atoms with Crippen molar-refractivity contribution in [2.24, 2.45) is 14.1 Å². The molecule has 3 rings (SSSR count). The predicted octanol–water partition coefficient (Wildman–Crippen LogP) is 5.77. The van der Waals surface area contributed by atoms with Gasteiger partial charge in [0.15, 0.2) is 8.32 Å². The molecular formula is C26H38ClN3O4Si. The molecular weight excluding hydrogens is 482 g/mol. The van der Waals surface area contributed by atoms with Crippen molar-refractivity contribution in [1.82, 2.24) is 14.3 Å². The Morgan fingerprint density at radius 2 is 1.86 bits per heavy atom. The van der Waals surface area contributed by atoms with Gasteiger partial charge in [-0.15, -0.1) is 0 Å². The number of methoxy groups -OCH3 is 1. The summed E-state index contributed by atoms with van der Waals surface area (Å²) in [6.45, 7) is 13.5. The second-order valence-corrected chi connectivity index (χ2v) is 15.8. The van der Waals surface area contributed by atoms with Crippen molar-refractivity contribution in [2.45, 2.75) is 65.3 Å². The summed E-state index contributed by atoms with van der Waals surface area (Å²) in [6.07, 6.45) is 1.44. The molecule has 0 aliphatic rings. The molecule has 0 radical (unpaired) electrons. The SMILES string of the molecule is COC(=O)c1c(CCCO[Si](C)(C)C(C)(C)C)c2ccc(Cl)c(-c3c(CO)c(C)nn3C)c2n1C. The summed E-state index contributed by atoms with van der Waals surface area (Å²) in [6, 6.07) is 3.80. The van der Waals surface area contributed by atoms with E-state index in [0.717, 1.165) is 39.8 Å². The highest BCUT2D eigenvalue weighted by Gasteiger charge is 2.37. The lowest BCUT2D eigenvalue weighted by molar-refractivity contribution is 0.0589. The van der Waals surface area contributed by atoms with Crippen molar-refractivity contribution in [3.63, 3.8) is 0 Å². The number of halogens is 1. The van der Waals surface area contributed by atoms with Crippen LogP contribution in [0.2, 0.25) is 23.2 Å². The van der Waals surface area contributed by atoms with Crippen LogP contribution in [0.1, 0.15) is 54.5 Å². The first kappa shape index (κ1) is 27.5. The Morgan fingerprint density at radius 3 is 2.43 bits per heavy atom. The predicted molar refractivity (Wildman–Crippen MR) is 144 cm³/mol. The largest absolute Gasteiger partial charge is 0.464 e. The van der Waals surface area contributed by atoms with E-state index >= 15 is 0 Å². The Labute approximate surface area is 214 Å².